The average Bonchev–Trinajstić information content (AvgIpc) is 2.83. The molecule has 0 bridgehead atoms. The molecule has 15 heteroatoms. The first-order valence-corrected chi connectivity index (χ1v) is 11.4. The maximum absolute atomic E-state index is 12.6. The molecule has 2 aliphatic rings. The van der Waals surface area contributed by atoms with Gasteiger partial charge in [-0.2, -0.15) is 0 Å². The molecule has 0 spiro atoms. The van der Waals surface area contributed by atoms with Crippen LogP contribution in [0.15, 0.2) is 11.8 Å². The first-order valence-electron chi connectivity index (χ1n) is 11.4. The molecular weight excluding hydrogens is 504 g/mol. The van der Waals surface area contributed by atoms with Crippen molar-refractivity contribution in [2.45, 2.75) is 82.0 Å². The second-order valence-corrected chi connectivity index (χ2v) is 9.12. The molecule has 2 aliphatic heterocycles. The predicted molar refractivity (Wildman–Crippen MR) is 117 cm³/mol. The zero-order valence-electron chi connectivity index (χ0n) is 20.7. The summed E-state index contributed by atoms with van der Waals surface area (Å²) in [7, 11) is 1.05. The highest BCUT2D eigenvalue weighted by Gasteiger charge is 2.51. The number of esters is 2. The van der Waals surface area contributed by atoms with E-state index in [0.717, 1.165) is 27.2 Å². The first kappa shape index (κ1) is 30.9. The molecule has 212 valence electrons. The van der Waals surface area contributed by atoms with E-state index < -0.39 is 97.6 Å². The van der Waals surface area contributed by atoms with E-state index in [1.165, 1.54) is 6.92 Å². The number of methoxy groups -OCH3 is 1. The normalized spacial score (nSPS) is 35.2. The number of carbonyl (C=O) groups excluding carboxylic acids is 2. The van der Waals surface area contributed by atoms with Gasteiger partial charge < -0.3 is 59.4 Å². The number of aliphatic hydroxyl groups is 6. The minimum absolute atomic E-state index is 0.242. The fraction of sp³-hybridized carbons (Fsp3) is 0.773. The lowest BCUT2D eigenvalue weighted by Gasteiger charge is -2.44. The van der Waals surface area contributed by atoms with Gasteiger partial charge in [0.25, 0.3) is 0 Å². The van der Waals surface area contributed by atoms with Gasteiger partial charge in [0, 0.05) is 5.92 Å². The van der Waals surface area contributed by atoms with Crippen LogP contribution in [0.25, 0.3) is 0 Å². The fourth-order valence-electron chi connectivity index (χ4n) is 3.99. The molecule has 1 saturated heterocycles. The first-order chi connectivity index (χ1) is 17.2. The summed E-state index contributed by atoms with van der Waals surface area (Å²) in [5, 5.41) is 69.3. The molecular formula is C22H34O15. The standard InChI is InChI=1S/C22H34O15/c1-8(35-21(31)22(3,32)9(2)24)14-10(5-13(25)26)11(18(30)33-4)7-34-19(14)37-20-17(29)16(28)15(27)12(6-23)36-20/h7-10,12,14-17,19-20,23-24,27-29,32H,5-6H2,1-4H3,(H,25,26). The van der Waals surface area contributed by atoms with E-state index in [0.29, 0.717) is 0 Å². The van der Waals surface area contributed by atoms with E-state index in [1.54, 1.807) is 0 Å². The number of carboxylic acid groups (broad SMARTS) is 1. The van der Waals surface area contributed by atoms with Crippen LogP contribution in [0.1, 0.15) is 27.2 Å². The van der Waals surface area contributed by atoms with Crippen LogP contribution in [0.3, 0.4) is 0 Å². The van der Waals surface area contributed by atoms with E-state index in [4.69, 9.17) is 23.7 Å². The number of hydrogen-bond donors (Lipinski definition) is 7. The molecule has 7 N–H and O–H groups in total. The Morgan fingerprint density at radius 3 is 2.24 bits per heavy atom. The SMILES string of the molecule is COC(=O)C1=COC(OC2OC(CO)C(O)C(O)C2O)C(C(C)OC(=O)C(C)(O)C(C)O)C1CC(=O)O. The van der Waals surface area contributed by atoms with Crippen LogP contribution in [0.2, 0.25) is 0 Å². The second-order valence-electron chi connectivity index (χ2n) is 9.12. The molecule has 11 unspecified atom stereocenters. The summed E-state index contributed by atoms with van der Waals surface area (Å²) in [6.45, 7) is 2.69. The van der Waals surface area contributed by atoms with Gasteiger partial charge in [0.05, 0.1) is 44.0 Å². The summed E-state index contributed by atoms with van der Waals surface area (Å²) in [4.78, 5) is 36.6. The van der Waals surface area contributed by atoms with Crippen molar-refractivity contribution in [3.8, 4) is 0 Å². The summed E-state index contributed by atoms with van der Waals surface area (Å²) in [6.07, 6.45) is -12.7. The molecule has 0 aromatic rings. The third-order valence-electron chi connectivity index (χ3n) is 6.50. The van der Waals surface area contributed by atoms with Gasteiger partial charge in [-0.3, -0.25) is 4.79 Å². The lowest BCUT2D eigenvalue weighted by Crippen LogP contribution is -2.60. The maximum atomic E-state index is 12.6. The quantitative estimate of drug-likeness (QED) is 0.137. The number of carbonyl (C=O) groups is 3. The smallest absolute Gasteiger partial charge is 0.340 e. The van der Waals surface area contributed by atoms with Crippen LogP contribution in [-0.2, 0) is 38.1 Å². The van der Waals surface area contributed by atoms with Crippen LogP contribution in [0.5, 0.6) is 0 Å². The van der Waals surface area contributed by atoms with Crippen LogP contribution >= 0.6 is 0 Å². The van der Waals surface area contributed by atoms with E-state index in [-0.39, 0.29) is 5.57 Å². The lowest BCUT2D eigenvalue weighted by atomic mass is 9.78. The molecule has 0 aromatic heterocycles. The molecule has 15 nitrogen and oxygen atoms in total. The largest absolute Gasteiger partial charge is 0.481 e. The number of rotatable bonds is 10. The number of ether oxygens (including phenoxy) is 5. The Labute approximate surface area is 211 Å². The minimum atomic E-state index is -2.35. The van der Waals surface area contributed by atoms with Crippen LogP contribution in [0.4, 0.5) is 0 Å². The second kappa shape index (κ2) is 12.4. The summed E-state index contributed by atoms with van der Waals surface area (Å²) >= 11 is 0. The Morgan fingerprint density at radius 1 is 1.11 bits per heavy atom. The molecule has 11 atom stereocenters. The molecule has 0 saturated carbocycles. The van der Waals surface area contributed by atoms with Gasteiger partial charge >= 0.3 is 17.9 Å². The van der Waals surface area contributed by atoms with E-state index in [9.17, 15) is 50.1 Å². The summed E-state index contributed by atoms with van der Waals surface area (Å²) in [5.41, 5.74) is -2.59. The van der Waals surface area contributed by atoms with Crippen LogP contribution in [-0.4, -0.2) is 122 Å². The number of aliphatic carboxylic acids is 1. The van der Waals surface area contributed by atoms with Gasteiger partial charge in [0.1, 0.15) is 30.5 Å². The third-order valence-corrected chi connectivity index (χ3v) is 6.50. The minimum Gasteiger partial charge on any atom is -0.481 e. The van der Waals surface area contributed by atoms with Gasteiger partial charge in [-0.1, -0.05) is 0 Å². The Kier molecular flexibility index (Phi) is 10.4. The van der Waals surface area contributed by atoms with Crippen molar-refractivity contribution in [3.05, 3.63) is 11.8 Å². The highest BCUT2D eigenvalue weighted by Crippen LogP contribution is 2.39. The molecule has 37 heavy (non-hydrogen) atoms. The zero-order valence-corrected chi connectivity index (χ0v) is 20.7. The molecule has 1 fully saturated rings. The van der Waals surface area contributed by atoms with Crippen LogP contribution < -0.4 is 0 Å². The Balaban J connectivity index is 2.46. The van der Waals surface area contributed by atoms with Crippen molar-refractivity contribution in [3.63, 3.8) is 0 Å². The molecule has 0 amide bonds. The van der Waals surface area contributed by atoms with Crippen molar-refractivity contribution in [2.75, 3.05) is 13.7 Å². The van der Waals surface area contributed by atoms with Crippen molar-refractivity contribution in [2.24, 2.45) is 11.8 Å². The monoisotopic (exact) mass is 538 g/mol. The number of hydrogen-bond acceptors (Lipinski definition) is 14. The van der Waals surface area contributed by atoms with Gasteiger partial charge in [-0.15, -0.1) is 0 Å². The molecule has 0 aromatic carbocycles. The Bertz CT molecular complexity index is 853. The zero-order chi connectivity index (χ0) is 28.2. The predicted octanol–water partition coefficient (Wildman–Crippen LogP) is -3.01. The van der Waals surface area contributed by atoms with E-state index in [1.807, 2.05) is 0 Å². The molecule has 2 heterocycles. The average molecular weight is 538 g/mol. The van der Waals surface area contributed by atoms with Crippen molar-refractivity contribution < 1.29 is 73.8 Å². The van der Waals surface area contributed by atoms with Gasteiger partial charge in [0.15, 0.2) is 11.9 Å². The van der Waals surface area contributed by atoms with E-state index >= 15 is 0 Å². The summed E-state index contributed by atoms with van der Waals surface area (Å²) in [5.74, 6) is -6.14. The van der Waals surface area contributed by atoms with Crippen molar-refractivity contribution in [1.29, 1.82) is 0 Å². The number of carboxylic acids is 1. The molecule has 0 radical (unpaired) electrons. The van der Waals surface area contributed by atoms with Gasteiger partial charge in [0.2, 0.25) is 6.29 Å². The summed E-state index contributed by atoms with van der Waals surface area (Å²) < 4.78 is 26.4. The highest BCUT2D eigenvalue weighted by atomic mass is 16.8. The third kappa shape index (κ3) is 6.74. The van der Waals surface area contributed by atoms with Gasteiger partial charge in [-0.05, 0) is 20.8 Å². The highest BCUT2D eigenvalue weighted by molar-refractivity contribution is 5.89. The van der Waals surface area contributed by atoms with Crippen molar-refractivity contribution in [1.82, 2.24) is 0 Å². The molecule has 0 aliphatic carbocycles. The topological polar surface area (TPSA) is 239 Å². The maximum Gasteiger partial charge on any atom is 0.340 e. The molecule has 2 rings (SSSR count). The van der Waals surface area contributed by atoms with Crippen molar-refractivity contribution >= 4 is 17.9 Å². The fourth-order valence-corrected chi connectivity index (χ4v) is 3.99. The van der Waals surface area contributed by atoms with E-state index in [2.05, 4.69) is 0 Å². The number of aliphatic hydroxyl groups excluding tert-OH is 5. The Hall–Kier alpha value is -2.37. The van der Waals surface area contributed by atoms with Gasteiger partial charge in [-0.25, -0.2) is 9.59 Å². The van der Waals surface area contributed by atoms with Crippen LogP contribution in [0, 0.1) is 11.8 Å². The summed E-state index contributed by atoms with van der Waals surface area (Å²) in [6, 6.07) is 0. The lowest BCUT2D eigenvalue weighted by molar-refractivity contribution is -0.345. The Morgan fingerprint density at radius 2 is 1.73 bits per heavy atom.